The first-order valence-electron chi connectivity index (χ1n) is 8.63. The molecule has 4 heteroatoms. The number of rotatable bonds is 4. The van der Waals surface area contributed by atoms with Crippen LogP contribution in [0.5, 0.6) is 0 Å². The number of pyridine rings is 1. The maximum Gasteiger partial charge on any atom is 0.236 e. The molecule has 3 heterocycles. The molecule has 120 valence electrons. The van der Waals surface area contributed by atoms with Crippen molar-refractivity contribution >= 4 is 5.91 Å². The summed E-state index contributed by atoms with van der Waals surface area (Å²) < 4.78 is 0. The SMILES string of the molecule is Cc1cccc(CC2CCCN(C(=O)CN3CCCC3)C2)n1. The van der Waals surface area contributed by atoms with E-state index in [0.717, 1.165) is 44.7 Å². The maximum atomic E-state index is 12.5. The van der Waals surface area contributed by atoms with Crippen LogP contribution in [0.1, 0.15) is 37.1 Å². The largest absolute Gasteiger partial charge is 0.341 e. The molecule has 0 aliphatic carbocycles. The zero-order valence-electron chi connectivity index (χ0n) is 13.6. The Morgan fingerprint density at radius 1 is 1.23 bits per heavy atom. The number of likely N-dealkylation sites (tertiary alicyclic amines) is 2. The minimum absolute atomic E-state index is 0.323. The van der Waals surface area contributed by atoms with Gasteiger partial charge in [0.05, 0.1) is 6.54 Å². The lowest BCUT2D eigenvalue weighted by Crippen LogP contribution is -2.45. The zero-order valence-corrected chi connectivity index (χ0v) is 13.6. The number of aryl methyl sites for hydroxylation is 1. The third-order valence-electron chi connectivity index (χ3n) is 4.87. The molecule has 2 aliphatic heterocycles. The maximum absolute atomic E-state index is 12.5. The lowest BCUT2D eigenvalue weighted by Gasteiger charge is -2.33. The molecule has 0 bridgehead atoms. The van der Waals surface area contributed by atoms with Gasteiger partial charge in [-0.3, -0.25) is 14.7 Å². The number of amides is 1. The van der Waals surface area contributed by atoms with Gasteiger partial charge in [0, 0.05) is 24.5 Å². The lowest BCUT2D eigenvalue weighted by molar-refractivity contribution is -0.134. The van der Waals surface area contributed by atoms with Gasteiger partial charge < -0.3 is 4.90 Å². The number of aromatic nitrogens is 1. The molecule has 0 saturated carbocycles. The van der Waals surface area contributed by atoms with Crippen LogP contribution in [-0.2, 0) is 11.2 Å². The van der Waals surface area contributed by atoms with E-state index in [0.29, 0.717) is 18.4 Å². The summed E-state index contributed by atoms with van der Waals surface area (Å²) in [4.78, 5) is 21.5. The molecule has 0 radical (unpaired) electrons. The van der Waals surface area contributed by atoms with Crippen molar-refractivity contribution < 1.29 is 4.79 Å². The highest BCUT2D eigenvalue weighted by atomic mass is 16.2. The van der Waals surface area contributed by atoms with E-state index in [2.05, 4.69) is 26.9 Å². The number of carbonyl (C=O) groups excluding carboxylic acids is 1. The Labute approximate surface area is 133 Å². The second-order valence-electron chi connectivity index (χ2n) is 6.81. The molecule has 1 unspecified atom stereocenters. The fraction of sp³-hybridized carbons (Fsp3) is 0.667. The summed E-state index contributed by atoms with van der Waals surface area (Å²) in [6.07, 6.45) is 5.82. The van der Waals surface area contributed by atoms with Gasteiger partial charge >= 0.3 is 0 Å². The first kappa shape index (κ1) is 15.5. The third kappa shape index (κ3) is 4.07. The Morgan fingerprint density at radius 2 is 2.05 bits per heavy atom. The van der Waals surface area contributed by atoms with Gasteiger partial charge in [-0.05, 0) is 70.2 Å². The number of piperidine rings is 1. The predicted octanol–water partition coefficient (Wildman–Crippen LogP) is 2.27. The van der Waals surface area contributed by atoms with Gasteiger partial charge in [-0.2, -0.15) is 0 Å². The lowest BCUT2D eigenvalue weighted by atomic mass is 9.93. The molecule has 1 aromatic rings. The van der Waals surface area contributed by atoms with Gasteiger partial charge in [-0.25, -0.2) is 0 Å². The number of nitrogens with zero attached hydrogens (tertiary/aromatic N) is 3. The zero-order chi connectivity index (χ0) is 15.4. The highest BCUT2D eigenvalue weighted by Crippen LogP contribution is 2.21. The molecule has 0 aromatic carbocycles. The summed E-state index contributed by atoms with van der Waals surface area (Å²) in [5, 5.41) is 0. The van der Waals surface area contributed by atoms with Gasteiger partial charge in [0.25, 0.3) is 0 Å². The van der Waals surface area contributed by atoms with Gasteiger partial charge in [0.1, 0.15) is 0 Å². The smallest absolute Gasteiger partial charge is 0.236 e. The molecule has 0 N–H and O–H groups in total. The topological polar surface area (TPSA) is 36.4 Å². The van der Waals surface area contributed by atoms with Crippen molar-refractivity contribution in [2.24, 2.45) is 5.92 Å². The van der Waals surface area contributed by atoms with Crippen LogP contribution in [-0.4, -0.2) is 53.4 Å². The van der Waals surface area contributed by atoms with Gasteiger partial charge in [-0.1, -0.05) is 6.07 Å². The monoisotopic (exact) mass is 301 g/mol. The average Bonchev–Trinajstić information content (AvgIpc) is 3.00. The second-order valence-corrected chi connectivity index (χ2v) is 6.81. The van der Waals surface area contributed by atoms with Crippen molar-refractivity contribution in [3.8, 4) is 0 Å². The van der Waals surface area contributed by atoms with E-state index in [1.54, 1.807) is 0 Å². The van der Waals surface area contributed by atoms with Crippen molar-refractivity contribution in [3.63, 3.8) is 0 Å². The minimum Gasteiger partial charge on any atom is -0.341 e. The summed E-state index contributed by atoms with van der Waals surface area (Å²) >= 11 is 0. The van der Waals surface area contributed by atoms with E-state index in [-0.39, 0.29) is 0 Å². The standard InChI is InChI=1S/C18H27N3O/c1-15-6-4-8-17(19-15)12-16-7-5-11-21(13-16)18(22)14-20-9-2-3-10-20/h4,6,8,16H,2-3,5,7,9-14H2,1H3. The van der Waals surface area contributed by atoms with Crippen molar-refractivity contribution in [1.82, 2.24) is 14.8 Å². The number of hydrogen-bond acceptors (Lipinski definition) is 3. The van der Waals surface area contributed by atoms with Crippen molar-refractivity contribution in [1.29, 1.82) is 0 Å². The highest BCUT2D eigenvalue weighted by molar-refractivity contribution is 5.78. The fourth-order valence-electron chi connectivity index (χ4n) is 3.70. The summed E-state index contributed by atoms with van der Waals surface area (Å²) in [6, 6.07) is 6.23. The Kier molecular flexibility index (Phi) is 5.08. The Morgan fingerprint density at radius 3 is 2.82 bits per heavy atom. The average molecular weight is 301 g/mol. The van der Waals surface area contributed by atoms with Crippen molar-refractivity contribution in [3.05, 3.63) is 29.6 Å². The van der Waals surface area contributed by atoms with Crippen LogP contribution in [0.4, 0.5) is 0 Å². The third-order valence-corrected chi connectivity index (χ3v) is 4.87. The Balaban J connectivity index is 1.53. The van der Waals surface area contributed by atoms with E-state index < -0.39 is 0 Å². The van der Waals surface area contributed by atoms with E-state index in [1.165, 1.54) is 25.0 Å². The number of carbonyl (C=O) groups is 1. The quantitative estimate of drug-likeness (QED) is 0.856. The van der Waals surface area contributed by atoms with Crippen LogP contribution in [0, 0.1) is 12.8 Å². The van der Waals surface area contributed by atoms with Crippen LogP contribution in [0.15, 0.2) is 18.2 Å². The van der Waals surface area contributed by atoms with Crippen LogP contribution in [0.3, 0.4) is 0 Å². The van der Waals surface area contributed by atoms with Gasteiger partial charge in [0.2, 0.25) is 5.91 Å². The van der Waals surface area contributed by atoms with Crippen LogP contribution >= 0.6 is 0 Å². The first-order valence-corrected chi connectivity index (χ1v) is 8.63. The Bertz CT molecular complexity index is 511. The molecule has 4 nitrogen and oxygen atoms in total. The highest BCUT2D eigenvalue weighted by Gasteiger charge is 2.26. The van der Waals surface area contributed by atoms with E-state index >= 15 is 0 Å². The molecular weight excluding hydrogens is 274 g/mol. The molecular formula is C18H27N3O. The minimum atomic E-state index is 0.323. The molecule has 1 amide bonds. The summed E-state index contributed by atoms with van der Waals surface area (Å²) in [5.74, 6) is 0.884. The van der Waals surface area contributed by atoms with Crippen molar-refractivity contribution in [2.45, 2.75) is 39.0 Å². The van der Waals surface area contributed by atoms with Gasteiger partial charge in [0.15, 0.2) is 0 Å². The summed E-state index contributed by atoms with van der Waals surface area (Å²) in [6.45, 7) is 6.69. The first-order chi connectivity index (χ1) is 10.7. The second kappa shape index (κ2) is 7.23. The van der Waals surface area contributed by atoms with Crippen LogP contribution in [0.25, 0.3) is 0 Å². The summed E-state index contributed by atoms with van der Waals surface area (Å²) in [5.41, 5.74) is 2.24. The van der Waals surface area contributed by atoms with E-state index in [1.807, 2.05) is 13.0 Å². The number of hydrogen-bond donors (Lipinski definition) is 0. The molecule has 22 heavy (non-hydrogen) atoms. The summed E-state index contributed by atoms with van der Waals surface area (Å²) in [7, 11) is 0. The Hall–Kier alpha value is -1.42. The molecule has 1 aromatic heterocycles. The molecule has 2 aliphatic rings. The molecule has 3 rings (SSSR count). The fourth-order valence-corrected chi connectivity index (χ4v) is 3.70. The van der Waals surface area contributed by atoms with Crippen molar-refractivity contribution in [2.75, 3.05) is 32.7 Å². The normalized spacial score (nSPS) is 23.0. The van der Waals surface area contributed by atoms with E-state index in [4.69, 9.17) is 0 Å². The van der Waals surface area contributed by atoms with E-state index in [9.17, 15) is 4.79 Å². The molecule has 2 fully saturated rings. The predicted molar refractivity (Wildman–Crippen MR) is 87.7 cm³/mol. The molecule has 0 spiro atoms. The van der Waals surface area contributed by atoms with Gasteiger partial charge in [-0.15, -0.1) is 0 Å². The molecule has 2 saturated heterocycles. The van der Waals surface area contributed by atoms with Crippen LogP contribution < -0.4 is 0 Å². The van der Waals surface area contributed by atoms with Crippen LogP contribution in [0.2, 0.25) is 0 Å². The molecule has 1 atom stereocenters.